The third-order valence-corrected chi connectivity index (χ3v) is 5.21. The second-order valence-electron chi connectivity index (χ2n) is 6.44. The van der Waals surface area contributed by atoms with Gasteiger partial charge in [0.2, 0.25) is 0 Å². The molecule has 2 atom stereocenters. The van der Waals surface area contributed by atoms with E-state index in [0.29, 0.717) is 0 Å². The van der Waals surface area contributed by atoms with Gasteiger partial charge in [-0.25, -0.2) is 0 Å². The predicted octanol–water partition coefficient (Wildman–Crippen LogP) is 4.34. The summed E-state index contributed by atoms with van der Waals surface area (Å²) in [6, 6.07) is 6.08. The monoisotopic (exact) mass is 353 g/mol. The van der Waals surface area contributed by atoms with Crippen molar-refractivity contribution in [1.82, 2.24) is 0 Å². The molecule has 21 heavy (non-hydrogen) atoms. The number of halogens is 1. The Kier molecular flexibility index (Phi) is 4.57. The van der Waals surface area contributed by atoms with Crippen LogP contribution in [0, 0.1) is 0 Å². The van der Waals surface area contributed by atoms with Crippen molar-refractivity contribution in [2.45, 2.75) is 63.2 Å². The molecule has 0 bridgehead atoms. The minimum atomic E-state index is -0.0298. The van der Waals surface area contributed by atoms with Crippen LogP contribution in [0.1, 0.15) is 57.1 Å². The summed E-state index contributed by atoms with van der Waals surface area (Å²) in [6.07, 6.45) is 7.18. The summed E-state index contributed by atoms with van der Waals surface area (Å²) in [4.78, 5) is 0. The standard InChI is InChI=1S/C17H24BrNO2/c1-12(19)15-10-13(18)4-5-16(15)21-14-6-9-20-17(11-14)7-2-3-8-17/h4-5,10,12,14H,2-3,6-9,11,19H2,1H3/t12-,14?/m1/s1. The van der Waals surface area contributed by atoms with Gasteiger partial charge in [-0.15, -0.1) is 0 Å². The zero-order chi connectivity index (χ0) is 14.9. The summed E-state index contributed by atoms with van der Waals surface area (Å²) in [7, 11) is 0. The summed E-state index contributed by atoms with van der Waals surface area (Å²) in [5.74, 6) is 0.924. The number of nitrogens with two attached hydrogens (primary N) is 1. The van der Waals surface area contributed by atoms with E-state index in [2.05, 4.69) is 22.0 Å². The molecule has 2 N–H and O–H groups in total. The van der Waals surface area contributed by atoms with Gasteiger partial charge in [-0.2, -0.15) is 0 Å². The molecule has 0 aromatic heterocycles. The van der Waals surface area contributed by atoms with Crippen LogP contribution in [0.4, 0.5) is 0 Å². The average Bonchev–Trinajstić information content (AvgIpc) is 2.88. The fourth-order valence-electron chi connectivity index (χ4n) is 3.61. The van der Waals surface area contributed by atoms with Crippen LogP contribution in [0.5, 0.6) is 5.75 Å². The lowest BCUT2D eigenvalue weighted by Crippen LogP contribution is -2.41. The Bertz CT molecular complexity index is 498. The minimum absolute atomic E-state index is 0.0298. The van der Waals surface area contributed by atoms with E-state index < -0.39 is 0 Å². The van der Waals surface area contributed by atoms with Crippen LogP contribution < -0.4 is 10.5 Å². The Balaban J connectivity index is 1.74. The van der Waals surface area contributed by atoms with E-state index in [-0.39, 0.29) is 17.7 Å². The molecule has 1 aromatic carbocycles. The predicted molar refractivity (Wildman–Crippen MR) is 87.5 cm³/mol. The first-order valence-electron chi connectivity index (χ1n) is 7.94. The van der Waals surface area contributed by atoms with E-state index in [4.69, 9.17) is 15.2 Å². The van der Waals surface area contributed by atoms with Gasteiger partial charge in [-0.1, -0.05) is 28.8 Å². The maximum Gasteiger partial charge on any atom is 0.124 e. The first kappa shape index (κ1) is 15.3. The maximum atomic E-state index is 6.31. The van der Waals surface area contributed by atoms with Crippen molar-refractivity contribution in [1.29, 1.82) is 0 Å². The van der Waals surface area contributed by atoms with Gasteiger partial charge in [0.05, 0.1) is 12.2 Å². The molecule has 1 heterocycles. The lowest BCUT2D eigenvalue weighted by Gasteiger charge is -2.38. The lowest BCUT2D eigenvalue weighted by molar-refractivity contribution is -0.108. The molecule has 0 amide bonds. The normalized spacial score (nSPS) is 26.0. The summed E-state index contributed by atoms with van der Waals surface area (Å²) < 4.78 is 13.4. The quantitative estimate of drug-likeness (QED) is 0.878. The van der Waals surface area contributed by atoms with Crippen molar-refractivity contribution in [2.24, 2.45) is 5.73 Å². The molecule has 2 fully saturated rings. The van der Waals surface area contributed by atoms with Gasteiger partial charge in [0, 0.05) is 28.9 Å². The van der Waals surface area contributed by atoms with Crippen molar-refractivity contribution in [3.8, 4) is 5.75 Å². The SMILES string of the molecule is C[C@@H](N)c1cc(Br)ccc1OC1CCOC2(CCCC2)C1. The van der Waals surface area contributed by atoms with Gasteiger partial charge in [-0.3, -0.25) is 0 Å². The highest BCUT2D eigenvalue weighted by molar-refractivity contribution is 9.10. The second kappa shape index (κ2) is 6.27. The van der Waals surface area contributed by atoms with Gasteiger partial charge in [-0.05, 0) is 38.0 Å². The molecule has 4 heteroatoms. The molecule has 1 spiro atoms. The van der Waals surface area contributed by atoms with Crippen LogP contribution in [-0.4, -0.2) is 18.3 Å². The smallest absolute Gasteiger partial charge is 0.124 e. The van der Waals surface area contributed by atoms with Crippen molar-refractivity contribution >= 4 is 15.9 Å². The molecule has 1 aromatic rings. The van der Waals surface area contributed by atoms with E-state index in [0.717, 1.165) is 35.2 Å². The van der Waals surface area contributed by atoms with Crippen LogP contribution in [0.25, 0.3) is 0 Å². The highest BCUT2D eigenvalue weighted by atomic mass is 79.9. The highest BCUT2D eigenvalue weighted by Crippen LogP contribution is 2.41. The van der Waals surface area contributed by atoms with Gasteiger partial charge < -0.3 is 15.2 Å². The topological polar surface area (TPSA) is 44.5 Å². The van der Waals surface area contributed by atoms with Gasteiger partial charge in [0.25, 0.3) is 0 Å². The molecular formula is C17H24BrNO2. The van der Waals surface area contributed by atoms with Crippen LogP contribution >= 0.6 is 15.9 Å². The number of rotatable bonds is 3. The van der Waals surface area contributed by atoms with E-state index in [1.807, 2.05) is 19.1 Å². The third kappa shape index (κ3) is 3.43. The number of benzene rings is 1. The summed E-state index contributed by atoms with van der Waals surface area (Å²) in [5.41, 5.74) is 7.23. The van der Waals surface area contributed by atoms with Crippen LogP contribution in [-0.2, 0) is 4.74 Å². The molecule has 1 aliphatic carbocycles. The molecule has 0 radical (unpaired) electrons. The Labute approximate surface area is 135 Å². The summed E-state index contributed by atoms with van der Waals surface area (Å²) >= 11 is 3.51. The highest BCUT2D eigenvalue weighted by Gasteiger charge is 2.40. The largest absolute Gasteiger partial charge is 0.490 e. The molecule has 1 aliphatic heterocycles. The van der Waals surface area contributed by atoms with Crippen LogP contribution in [0.15, 0.2) is 22.7 Å². The van der Waals surface area contributed by atoms with Crippen molar-refractivity contribution in [3.05, 3.63) is 28.2 Å². The van der Waals surface area contributed by atoms with E-state index in [1.54, 1.807) is 0 Å². The number of hydrogen-bond donors (Lipinski definition) is 1. The van der Waals surface area contributed by atoms with Crippen molar-refractivity contribution < 1.29 is 9.47 Å². The summed E-state index contributed by atoms with van der Waals surface area (Å²) in [6.45, 7) is 2.81. The molecule has 1 unspecified atom stereocenters. The molecule has 1 saturated heterocycles. The molecule has 1 saturated carbocycles. The Morgan fingerprint density at radius 2 is 2.14 bits per heavy atom. The zero-order valence-corrected chi connectivity index (χ0v) is 14.2. The second-order valence-corrected chi connectivity index (χ2v) is 7.36. The first-order chi connectivity index (χ1) is 10.1. The average molecular weight is 354 g/mol. The lowest BCUT2D eigenvalue weighted by atomic mass is 9.90. The number of hydrogen-bond acceptors (Lipinski definition) is 3. The van der Waals surface area contributed by atoms with Crippen molar-refractivity contribution in [3.63, 3.8) is 0 Å². The molecule has 3 nitrogen and oxygen atoms in total. The summed E-state index contributed by atoms with van der Waals surface area (Å²) in [5, 5.41) is 0. The Morgan fingerprint density at radius 3 is 2.86 bits per heavy atom. The molecule has 116 valence electrons. The first-order valence-corrected chi connectivity index (χ1v) is 8.73. The number of ether oxygens (including phenoxy) is 2. The third-order valence-electron chi connectivity index (χ3n) is 4.72. The van der Waals surface area contributed by atoms with Gasteiger partial charge >= 0.3 is 0 Å². The van der Waals surface area contributed by atoms with Crippen LogP contribution in [0.3, 0.4) is 0 Å². The van der Waals surface area contributed by atoms with Crippen molar-refractivity contribution in [2.75, 3.05) is 6.61 Å². The fraction of sp³-hybridized carbons (Fsp3) is 0.647. The zero-order valence-electron chi connectivity index (χ0n) is 12.6. The Hall–Kier alpha value is -0.580. The van der Waals surface area contributed by atoms with Gasteiger partial charge in [0.15, 0.2) is 0 Å². The maximum absolute atomic E-state index is 6.31. The van der Waals surface area contributed by atoms with E-state index in [9.17, 15) is 0 Å². The van der Waals surface area contributed by atoms with E-state index in [1.165, 1.54) is 25.7 Å². The Morgan fingerprint density at radius 1 is 1.38 bits per heavy atom. The molecule has 2 aliphatic rings. The van der Waals surface area contributed by atoms with E-state index >= 15 is 0 Å². The molecule has 3 rings (SSSR count). The van der Waals surface area contributed by atoms with Crippen LogP contribution in [0.2, 0.25) is 0 Å². The fourth-order valence-corrected chi connectivity index (χ4v) is 3.99. The molecular weight excluding hydrogens is 330 g/mol. The minimum Gasteiger partial charge on any atom is -0.490 e. The van der Waals surface area contributed by atoms with Gasteiger partial charge in [0.1, 0.15) is 11.9 Å².